The van der Waals surface area contributed by atoms with Gasteiger partial charge in [0.1, 0.15) is 0 Å². The van der Waals surface area contributed by atoms with E-state index in [1.54, 1.807) is 23.1 Å². The minimum Gasteiger partial charge on any atom is -0.465 e. The van der Waals surface area contributed by atoms with Gasteiger partial charge in [0, 0.05) is 24.3 Å². The Morgan fingerprint density at radius 3 is 2.82 bits per heavy atom. The van der Waals surface area contributed by atoms with Crippen molar-refractivity contribution in [3.8, 4) is 0 Å². The number of rotatable bonds is 2. The molecule has 1 amide bonds. The first-order chi connectivity index (χ1) is 8.13. The van der Waals surface area contributed by atoms with Crippen molar-refractivity contribution in [3.05, 3.63) is 23.8 Å². The number of nitrogens with zero attached hydrogens (tertiary/aromatic N) is 1. The van der Waals surface area contributed by atoms with Crippen LogP contribution in [-0.2, 0) is 9.53 Å². The van der Waals surface area contributed by atoms with Crippen LogP contribution in [0.1, 0.15) is 23.2 Å². The second-order valence-electron chi connectivity index (χ2n) is 3.91. The second kappa shape index (κ2) is 4.45. The third kappa shape index (κ3) is 2.08. The summed E-state index contributed by atoms with van der Waals surface area (Å²) >= 11 is 0. The van der Waals surface area contributed by atoms with Crippen LogP contribution in [0.25, 0.3) is 0 Å². The summed E-state index contributed by atoms with van der Waals surface area (Å²) in [7, 11) is 1.30. The van der Waals surface area contributed by atoms with E-state index in [0.29, 0.717) is 29.9 Å². The Morgan fingerprint density at radius 2 is 2.24 bits per heavy atom. The summed E-state index contributed by atoms with van der Waals surface area (Å²) in [6.45, 7) is 0.684. The van der Waals surface area contributed by atoms with Crippen LogP contribution < -0.4 is 10.6 Å². The molecule has 0 bridgehead atoms. The van der Waals surface area contributed by atoms with Crippen LogP contribution in [0.5, 0.6) is 0 Å². The largest absolute Gasteiger partial charge is 0.465 e. The van der Waals surface area contributed by atoms with Crippen LogP contribution in [0.3, 0.4) is 0 Å². The molecule has 0 atom stereocenters. The summed E-state index contributed by atoms with van der Waals surface area (Å²) in [6, 6.07) is 4.96. The fraction of sp³-hybridized carbons (Fsp3) is 0.333. The first kappa shape index (κ1) is 11.4. The molecule has 2 N–H and O–H groups in total. The van der Waals surface area contributed by atoms with Crippen molar-refractivity contribution in [1.82, 2.24) is 0 Å². The molecule has 90 valence electrons. The number of ether oxygens (including phenoxy) is 1. The Kier molecular flexibility index (Phi) is 2.99. The lowest BCUT2D eigenvalue weighted by atomic mass is 10.1. The van der Waals surface area contributed by atoms with Gasteiger partial charge in [-0.3, -0.25) is 4.79 Å². The monoisotopic (exact) mass is 234 g/mol. The molecular formula is C12H14N2O3. The van der Waals surface area contributed by atoms with Crippen molar-refractivity contribution in [2.24, 2.45) is 0 Å². The number of nitrogens with two attached hydrogens (primary N) is 1. The molecule has 0 spiro atoms. The van der Waals surface area contributed by atoms with Gasteiger partial charge < -0.3 is 15.4 Å². The van der Waals surface area contributed by atoms with Crippen LogP contribution in [-0.4, -0.2) is 25.5 Å². The molecule has 2 rings (SSSR count). The molecule has 5 heteroatoms. The zero-order chi connectivity index (χ0) is 12.4. The lowest BCUT2D eigenvalue weighted by molar-refractivity contribution is -0.117. The van der Waals surface area contributed by atoms with E-state index >= 15 is 0 Å². The SMILES string of the molecule is COC(=O)c1cc(N2CCCC2=O)ccc1N. The van der Waals surface area contributed by atoms with E-state index in [2.05, 4.69) is 4.74 Å². The maximum absolute atomic E-state index is 11.6. The minimum absolute atomic E-state index is 0.0746. The van der Waals surface area contributed by atoms with Crippen molar-refractivity contribution < 1.29 is 14.3 Å². The number of amides is 1. The summed E-state index contributed by atoms with van der Waals surface area (Å²) in [5.41, 5.74) is 7.04. The highest BCUT2D eigenvalue weighted by molar-refractivity contribution is 6.00. The first-order valence-corrected chi connectivity index (χ1v) is 5.41. The van der Waals surface area contributed by atoms with E-state index in [1.807, 2.05) is 0 Å². The Bertz CT molecular complexity index is 471. The zero-order valence-electron chi connectivity index (χ0n) is 9.60. The van der Waals surface area contributed by atoms with Gasteiger partial charge in [-0.15, -0.1) is 0 Å². The Balaban J connectivity index is 2.37. The van der Waals surface area contributed by atoms with E-state index < -0.39 is 5.97 Å². The van der Waals surface area contributed by atoms with Gasteiger partial charge in [0.25, 0.3) is 0 Å². The molecular weight excluding hydrogens is 220 g/mol. The average Bonchev–Trinajstić information content (AvgIpc) is 2.75. The number of anilines is 2. The molecule has 1 aromatic carbocycles. The number of hydrogen-bond donors (Lipinski definition) is 1. The van der Waals surface area contributed by atoms with E-state index in [1.165, 1.54) is 7.11 Å². The first-order valence-electron chi connectivity index (χ1n) is 5.41. The molecule has 1 heterocycles. The molecule has 0 aromatic heterocycles. The fourth-order valence-corrected chi connectivity index (χ4v) is 1.92. The van der Waals surface area contributed by atoms with Gasteiger partial charge in [0.2, 0.25) is 5.91 Å². The summed E-state index contributed by atoms with van der Waals surface area (Å²) in [5.74, 6) is -0.415. The maximum Gasteiger partial charge on any atom is 0.340 e. The smallest absolute Gasteiger partial charge is 0.340 e. The fourth-order valence-electron chi connectivity index (χ4n) is 1.92. The van der Waals surface area contributed by atoms with Crippen molar-refractivity contribution in [3.63, 3.8) is 0 Å². The lowest BCUT2D eigenvalue weighted by Gasteiger charge is -2.17. The number of carbonyl (C=O) groups excluding carboxylic acids is 2. The predicted molar refractivity (Wildman–Crippen MR) is 63.8 cm³/mol. The number of methoxy groups -OCH3 is 1. The van der Waals surface area contributed by atoms with E-state index in [-0.39, 0.29) is 5.91 Å². The molecule has 1 aliphatic rings. The molecule has 0 saturated carbocycles. The summed E-state index contributed by atoms with van der Waals surface area (Å²) in [6.07, 6.45) is 1.40. The molecule has 1 fully saturated rings. The average molecular weight is 234 g/mol. The number of benzene rings is 1. The molecule has 0 radical (unpaired) electrons. The van der Waals surface area contributed by atoms with Gasteiger partial charge in [0.05, 0.1) is 12.7 Å². The summed E-state index contributed by atoms with van der Waals surface area (Å²) in [5, 5.41) is 0. The van der Waals surface area contributed by atoms with E-state index in [0.717, 1.165) is 6.42 Å². The van der Waals surface area contributed by atoms with Gasteiger partial charge in [-0.25, -0.2) is 4.79 Å². The molecule has 17 heavy (non-hydrogen) atoms. The molecule has 1 aromatic rings. The molecule has 0 aliphatic carbocycles. The highest BCUT2D eigenvalue weighted by Gasteiger charge is 2.23. The van der Waals surface area contributed by atoms with Gasteiger partial charge >= 0.3 is 5.97 Å². The standard InChI is InChI=1S/C12H14N2O3/c1-17-12(16)9-7-8(4-5-10(9)13)14-6-2-3-11(14)15/h4-5,7H,2-3,6,13H2,1H3. The molecule has 1 aliphatic heterocycles. The molecule has 1 saturated heterocycles. The van der Waals surface area contributed by atoms with Crippen LogP contribution >= 0.6 is 0 Å². The predicted octanol–water partition coefficient (Wildman–Crippen LogP) is 1.18. The number of nitrogen functional groups attached to an aromatic ring is 1. The van der Waals surface area contributed by atoms with Crippen LogP contribution in [0, 0.1) is 0 Å². The Hall–Kier alpha value is -2.04. The molecule has 5 nitrogen and oxygen atoms in total. The van der Waals surface area contributed by atoms with E-state index in [4.69, 9.17) is 5.73 Å². The van der Waals surface area contributed by atoms with Gasteiger partial charge in [-0.1, -0.05) is 0 Å². The Labute approximate surface area is 99.2 Å². The lowest BCUT2D eigenvalue weighted by Crippen LogP contribution is -2.24. The zero-order valence-corrected chi connectivity index (χ0v) is 9.60. The van der Waals surface area contributed by atoms with Crippen LogP contribution in [0.4, 0.5) is 11.4 Å². The summed E-state index contributed by atoms with van der Waals surface area (Å²) in [4.78, 5) is 24.7. The van der Waals surface area contributed by atoms with Crippen molar-refractivity contribution >= 4 is 23.3 Å². The quantitative estimate of drug-likeness (QED) is 0.616. The highest BCUT2D eigenvalue weighted by Crippen LogP contribution is 2.25. The van der Waals surface area contributed by atoms with Crippen LogP contribution in [0.15, 0.2) is 18.2 Å². The van der Waals surface area contributed by atoms with Crippen molar-refractivity contribution in [2.75, 3.05) is 24.3 Å². The summed E-state index contributed by atoms with van der Waals surface area (Å²) < 4.78 is 4.64. The number of carbonyl (C=O) groups is 2. The third-order valence-electron chi connectivity index (χ3n) is 2.83. The number of hydrogen-bond acceptors (Lipinski definition) is 4. The molecule has 0 unspecified atom stereocenters. The maximum atomic E-state index is 11.6. The van der Waals surface area contributed by atoms with Gasteiger partial charge in [-0.05, 0) is 24.6 Å². The van der Waals surface area contributed by atoms with Crippen molar-refractivity contribution in [1.29, 1.82) is 0 Å². The van der Waals surface area contributed by atoms with Gasteiger partial charge in [-0.2, -0.15) is 0 Å². The topological polar surface area (TPSA) is 72.6 Å². The second-order valence-corrected chi connectivity index (χ2v) is 3.91. The van der Waals surface area contributed by atoms with E-state index in [9.17, 15) is 9.59 Å². The van der Waals surface area contributed by atoms with Crippen molar-refractivity contribution in [2.45, 2.75) is 12.8 Å². The normalized spacial score (nSPS) is 15.1. The number of esters is 1. The minimum atomic E-state index is -0.490. The Morgan fingerprint density at radius 1 is 1.47 bits per heavy atom. The van der Waals surface area contributed by atoms with Crippen LogP contribution in [0.2, 0.25) is 0 Å². The van der Waals surface area contributed by atoms with Gasteiger partial charge in [0.15, 0.2) is 0 Å². The highest BCUT2D eigenvalue weighted by atomic mass is 16.5. The third-order valence-corrected chi connectivity index (χ3v) is 2.83.